The number of thioether (sulfide) groups is 1. The molecule has 0 aliphatic carbocycles. The zero-order chi connectivity index (χ0) is 33.0. The van der Waals surface area contributed by atoms with Crippen molar-refractivity contribution in [1.82, 2.24) is 30.8 Å². The van der Waals surface area contributed by atoms with Crippen LogP contribution in [0.3, 0.4) is 0 Å². The molecule has 2 heterocycles. The summed E-state index contributed by atoms with van der Waals surface area (Å²) in [6.07, 6.45) is 1.96. The minimum atomic E-state index is -0.606. The molecule has 3 aromatic carbocycles. The molecular formula is C35H42N6O5S. The number of benzene rings is 3. The lowest BCUT2D eigenvalue weighted by Gasteiger charge is -2.41. The van der Waals surface area contributed by atoms with Crippen LogP contribution in [0.2, 0.25) is 0 Å². The lowest BCUT2D eigenvalue weighted by atomic mass is 9.91. The van der Waals surface area contributed by atoms with E-state index in [0.717, 1.165) is 47.2 Å². The van der Waals surface area contributed by atoms with Crippen LogP contribution in [0.15, 0.2) is 84.0 Å². The molecule has 4 atom stereocenters. The predicted octanol–water partition coefficient (Wildman–Crippen LogP) is 5.05. The van der Waals surface area contributed by atoms with Crippen molar-refractivity contribution in [1.29, 1.82) is 0 Å². The molecule has 0 radical (unpaired) electrons. The minimum Gasteiger partial charge on any atom is -0.392 e. The highest BCUT2D eigenvalue weighted by Gasteiger charge is 2.38. The van der Waals surface area contributed by atoms with Gasteiger partial charge in [-0.1, -0.05) is 91.8 Å². The monoisotopic (exact) mass is 658 g/mol. The van der Waals surface area contributed by atoms with Crippen molar-refractivity contribution in [3.8, 4) is 5.69 Å². The van der Waals surface area contributed by atoms with E-state index in [-0.39, 0.29) is 36.5 Å². The molecule has 248 valence electrons. The van der Waals surface area contributed by atoms with E-state index in [0.29, 0.717) is 30.4 Å². The molecule has 1 aliphatic heterocycles. The number of aliphatic hydroxyl groups is 1. The van der Waals surface area contributed by atoms with Crippen LogP contribution in [0, 0.1) is 5.92 Å². The van der Waals surface area contributed by atoms with Crippen LogP contribution >= 0.6 is 11.8 Å². The summed E-state index contributed by atoms with van der Waals surface area (Å²) in [4.78, 5) is 23.3. The SMILES string of the molecule is CC(=O)NCCCCCC(=O)NCc1ccc([C@@H]2O[C@H](CSc3nnnn3-c3ccccc3)[C@H](C)[C@H](c3ccc(CO)cc3)O2)cc1. The highest BCUT2D eigenvalue weighted by molar-refractivity contribution is 7.99. The Morgan fingerprint density at radius 1 is 0.894 bits per heavy atom. The number of nitrogens with zero attached hydrogens (tertiary/aromatic N) is 4. The molecule has 2 amide bonds. The molecule has 0 bridgehead atoms. The first-order valence-corrected chi connectivity index (χ1v) is 17.0. The second kappa shape index (κ2) is 17.2. The number of para-hydroxylation sites is 1. The van der Waals surface area contributed by atoms with E-state index in [1.807, 2.05) is 78.9 Å². The Morgan fingerprint density at radius 2 is 1.62 bits per heavy atom. The zero-order valence-electron chi connectivity index (χ0n) is 26.7. The minimum absolute atomic E-state index is 0.00948. The fourth-order valence-electron chi connectivity index (χ4n) is 5.40. The van der Waals surface area contributed by atoms with Crippen molar-refractivity contribution in [2.75, 3.05) is 12.3 Å². The average Bonchev–Trinajstić information content (AvgIpc) is 3.58. The first-order valence-electron chi connectivity index (χ1n) is 16.0. The summed E-state index contributed by atoms with van der Waals surface area (Å²) in [5, 5.41) is 28.3. The van der Waals surface area contributed by atoms with Gasteiger partial charge in [0.1, 0.15) is 0 Å². The molecule has 0 spiro atoms. The fraction of sp³-hybridized carbons (Fsp3) is 0.400. The van der Waals surface area contributed by atoms with Crippen molar-refractivity contribution in [3.05, 3.63) is 101 Å². The molecule has 47 heavy (non-hydrogen) atoms. The van der Waals surface area contributed by atoms with Crippen LogP contribution in [0.1, 0.15) is 74.2 Å². The molecule has 12 heteroatoms. The van der Waals surface area contributed by atoms with Crippen LogP contribution < -0.4 is 10.6 Å². The lowest BCUT2D eigenvalue weighted by molar-refractivity contribution is -0.268. The van der Waals surface area contributed by atoms with Gasteiger partial charge < -0.3 is 25.2 Å². The number of carbonyl (C=O) groups excluding carboxylic acids is 2. The van der Waals surface area contributed by atoms with Crippen LogP contribution in [0.25, 0.3) is 5.69 Å². The van der Waals surface area contributed by atoms with Crippen molar-refractivity contribution in [2.24, 2.45) is 5.92 Å². The molecular weight excluding hydrogens is 616 g/mol. The Labute approximate surface area is 279 Å². The van der Waals surface area contributed by atoms with Crippen LogP contribution in [-0.2, 0) is 32.2 Å². The number of amides is 2. The molecule has 1 aromatic heterocycles. The second-order valence-electron chi connectivity index (χ2n) is 11.7. The summed E-state index contributed by atoms with van der Waals surface area (Å²) < 4.78 is 14.9. The zero-order valence-corrected chi connectivity index (χ0v) is 27.6. The molecule has 5 rings (SSSR count). The van der Waals surface area contributed by atoms with Gasteiger partial charge in [0.25, 0.3) is 0 Å². The summed E-state index contributed by atoms with van der Waals surface area (Å²) in [6.45, 7) is 4.69. The number of hydrogen-bond donors (Lipinski definition) is 3. The van der Waals surface area contributed by atoms with Crippen molar-refractivity contribution < 1.29 is 24.2 Å². The third-order valence-electron chi connectivity index (χ3n) is 8.14. The van der Waals surface area contributed by atoms with E-state index in [1.54, 1.807) is 4.68 Å². The van der Waals surface area contributed by atoms with Gasteiger partial charge >= 0.3 is 0 Å². The van der Waals surface area contributed by atoms with E-state index >= 15 is 0 Å². The number of aliphatic hydroxyl groups excluding tert-OH is 1. The maximum absolute atomic E-state index is 12.3. The van der Waals surface area contributed by atoms with Crippen LogP contribution in [0.5, 0.6) is 0 Å². The normalized spacial score (nSPS) is 19.3. The number of nitrogens with one attached hydrogen (secondary N) is 2. The van der Waals surface area contributed by atoms with Crippen LogP contribution in [0.4, 0.5) is 0 Å². The number of rotatable bonds is 15. The summed E-state index contributed by atoms with van der Waals surface area (Å²) >= 11 is 1.54. The van der Waals surface area contributed by atoms with Crippen molar-refractivity contribution in [2.45, 2.75) is 76.3 Å². The highest BCUT2D eigenvalue weighted by Crippen LogP contribution is 2.43. The van der Waals surface area contributed by atoms with E-state index in [2.05, 4.69) is 33.1 Å². The van der Waals surface area contributed by atoms with Gasteiger partial charge in [0.2, 0.25) is 17.0 Å². The number of ether oxygens (including phenoxy) is 2. The highest BCUT2D eigenvalue weighted by atomic mass is 32.2. The van der Waals surface area contributed by atoms with E-state index in [9.17, 15) is 14.7 Å². The Kier molecular flexibility index (Phi) is 12.5. The summed E-state index contributed by atoms with van der Waals surface area (Å²) in [6, 6.07) is 25.6. The molecule has 0 unspecified atom stereocenters. The van der Waals surface area contributed by atoms with Crippen molar-refractivity contribution >= 4 is 23.6 Å². The standard InChI is InChI=1S/C35H42N6O5S/c1-24-31(23-47-35-38-39-40-41(35)30-9-5-3-6-10-30)45-34(46-33(24)28-16-14-27(22-42)15-17-28)29-18-12-26(13-19-29)21-37-32(44)11-7-4-8-20-36-25(2)43/h3,5-6,9-10,12-19,24,31,33-34,42H,4,7-8,11,20-23H2,1-2H3,(H,36,43)(H,37,44)/t24-,31+,33+,34+/m0/s1. The topological polar surface area (TPSA) is 140 Å². The number of hydrogen-bond acceptors (Lipinski definition) is 9. The van der Waals surface area contributed by atoms with E-state index in [1.165, 1.54) is 18.7 Å². The second-order valence-corrected chi connectivity index (χ2v) is 12.6. The van der Waals surface area contributed by atoms with Crippen molar-refractivity contribution in [3.63, 3.8) is 0 Å². The number of unbranched alkanes of at least 4 members (excludes halogenated alkanes) is 2. The Morgan fingerprint density at radius 3 is 2.34 bits per heavy atom. The third-order valence-corrected chi connectivity index (χ3v) is 9.15. The Balaban J connectivity index is 1.22. The molecule has 1 saturated heterocycles. The van der Waals surface area contributed by atoms with Gasteiger partial charge in [-0.05, 0) is 52.1 Å². The van der Waals surface area contributed by atoms with Crippen LogP contribution in [-0.4, -0.2) is 55.5 Å². The first kappa shape index (κ1) is 34.2. The number of carbonyl (C=O) groups is 2. The molecule has 4 aromatic rings. The molecule has 3 N–H and O–H groups in total. The average molecular weight is 659 g/mol. The Bertz CT molecular complexity index is 1570. The van der Waals surface area contributed by atoms with Gasteiger partial charge in [-0.15, -0.1) is 5.10 Å². The largest absolute Gasteiger partial charge is 0.392 e. The van der Waals surface area contributed by atoms with E-state index < -0.39 is 6.29 Å². The van der Waals surface area contributed by atoms with Gasteiger partial charge in [0, 0.05) is 43.7 Å². The third kappa shape index (κ3) is 9.71. The molecule has 0 saturated carbocycles. The lowest BCUT2D eigenvalue weighted by Crippen LogP contribution is -2.38. The van der Waals surface area contributed by atoms with E-state index in [4.69, 9.17) is 9.47 Å². The Hall–Kier alpha value is -4.10. The molecule has 11 nitrogen and oxygen atoms in total. The quantitative estimate of drug-likeness (QED) is 0.118. The van der Waals surface area contributed by atoms with Gasteiger partial charge in [-0.2, -0.15) is 4.68 Å². The predicted molar refractivity (Wildman–Crippen MR) is 178 cm³/mol. The summed E-state index contributed by atoms with van der Waals surface area (Å²) in [5.74, 6) is 0.599. The van der Waals surface area contributed by atoms with Gasteiger partial charge in [-0.25, -0.2) is 0 Å². The number of tetrazole rings is 1. The first-order chi connectivity index (χ1) is 22.9. The molecule has 1 fully saturated rings. The van der Waals surface area contributed by atoms with Gasteiger partial charge in [0.15, 0.2) is 6.29 Å². The maximum atomic E-state index is 12.3. The maximum Gasteiger partial charge on any atom is 0.220 e. The molecule has 1 aliphatic rings. The van der Waals surface area contributed by atoms with Gasteiger partial charge in [-0.3, -0.25) is 9.59 Å². The van der Waals surface area contributed by atoms with Gasteiger partial charge in [0.05, 0.1) is 24.5 Å². The summed E-state index contributed by atoms with van der Waals surface area (Å²) in [7, 11) is 0. The number of aromatic nitrogens is 4. The smallest absolute Gasteiger partial charge is 0.220 e. The summed E-state index contributed by atoms with van der Waals surface area (Å²) in [5.41, 5.74) is 4.60. The fourth-order valence-corrected chi connectivity index (χ4v) is 6.45.